The maximum Gasteiger partial charge on any atom is 0.137 e. The lowest BCUT2D eigenvalue weighted by atomic mass is 10.1. The maximum absolute atomic E-state index is 13.7. The fraction of sp³-hybridized carbons (Fsp3) is 0.375. The van der Waals surface area contributed by atoms with Gasteiger partial charge in [0, 0.05) is 0 Å². The summed E-state index contributed by atoms with van der Waals surface area (Å²) < 4.78 is 19.5. The molecule has 1 N–H and O–H groups in total. The number of halogens is 1. The molecule has 0 radical (unpaired) electrons. The van der Waals surface area contributed by atoms with E-state index in [2.05, 4.69) is 19.2 Å². The van der Waals surface area contributed by atoms with Gasteiger partial charge in [0.1, 0.15) is 17.3 Å². The van der Waals surface area contributed by atoms with Crippen LogP contribution in [0.25, 0.3) is 11.3 Å². The van der Waals surface area contributed by atoms with Crippen LogP contribution in [-0.2, 0) is 0 Å². The summed E-state index contributed by atoms with van der Waals surface area (Å²) in [7, 11) is 0. The van der Waals surface area contributed by atoms with E-state index in [4.69, 9.17) is 4.42 Å². The summed E-state index contributed by atoms with van der Waals surface area (Å²) in [6, 6.07) is 10.6. The average Bonchev–Trinajstić information content (AvgIpc) is 2.90. The first-order chi connectivity index (χ1) is 9.26. The summed E-state index contributed by atoms with van der Waals surface area (Å²) in [6.45, 7) is 5.19. The molecule has 1 unspecified atom stereocenters. The third-order valence-electron chi connectivity index (χ3n) is 3.16. The van der Waals surface area contributed by atoms with Gasteiger partial charge < -0.3 is 9.73 Å². The van der Waals surface area contributed by atoms with Crippen LogP contribution in [0.1, 0.15) is 38.5 Å². The molecule has 1 atom stereocenters. The maximum atomic E-state index is 13.7. The summed E-state index contributed by atoms with van der Waals surface area (Å²) in [4.78, 5) is 0. The van der Waals surface area contributed by atoms with Crippen LogP contribution in [-0.4, -0.2) is 6.54 Å². The van der Waals surface area contributed by atoms with Crippen molar-refractivity contribution >= 4 is 0 Å². The highest BCUT2D eigenvalue weighted by Crippen LogP contribution is 2.28. The van der Waals surface area contributed by atoms with Gasteiger partial charge in [-0.05, 0) is 43.7 Å². The molecular weight excluding hydrogens is 241 g/mol. The van der Waals surface area contributed by atoms with Gasteiger partial charge in [-0.1, -0.05) is 26.0 Å². The molecule has 0 fully saturated rings. The van der Waals surface area contributed by atoms with E-state index in [9.17, 15) is 4.39 Å². The van der Waals surface area contributed by atoms with E-state index in [1.54, 1.807) is 12.1 Å². The van der Waals surface area contributed by atoms with Gasteiger partial charge in [-0.25, -0.2) is 4.39 Å². The Morgan fingerprint density at radius 1 is 1.16 bits per heavy atom. The Labute approximate surface area is 113 Å². The van der Waals surface area contributed by atoms with Crippen molar-refractivity contribution in [2.75, 3.05) is 6.54 Å². The van der Waals surface area contributed by atoms with Crippen molar-refractivity contribution in [1.29, 1.82) is 0 Å². The summed E-state index contributed by atoms with van der Waals surface area (Å²) in [5.41, 5.74) is 0.513. The molecule has 19 heavy (non-hydrogen) atoms. The Kier molecular flexibility index (Phi) is 4.74. The minimum atomic E-state index is -0.252. The van der Waals surface area contributed by atoms with Gasteiger partial charge >= 0.3 is 0 Å². The summed E-state index contributed by atoms with van der Waals surface area (Å²) >= 11 is 0. The predicted octanol–water partition coefficient (Wildman–Crippen LogP) is 4.54. The monoisotopic (exact) mass is 261 g/mol. The Balaban J connectivity index is 2.21. The molecule has 0 aliphatic heterocycles. The topological polar surface area (TPSA) is 25.2 Å². The van der Waals surface area contributed by atoms with Crippen molar-refractivity contribution in [3.63, 3.8) is 0 Å². The van der Waals surface area contributed by atoms with Crippen molar-refractivity contribution in [2.45, 2.75) is 32.7 Å². The second kappa shape index (κ2) is 6.53. The second-order valence-corrected chi connectivity index (χ2v) is 4.60. The fourth-order valence-electron chi connectivity index (χ4n) is 2.11. The number of benzene rings is 1. The molecule has 102 valence electrons. The number of furan rings is 1. The van der Waals surface area contributed by atoms with Crippen LogP contribution in [0.5, 0.6) is 0 Å². The van der Waals surface area contributed by atoms with Crippen LogP contribution in [0.2, 0.25) is 0 Å². The minimum absolute atomic E-state index is 0.195. The summed E-state index contributed by atoms with van der Waals surface area (Å²) in [5.74, 6) is 1.21. The quantitative estimate of drug-likeness (QED) is 0.826. The van der Waals surface area contributed by atoms with Crippen LogP contribution in [0, 0.1) is 5.82 Å². The SMILES string of the molecule is CCCNC(CC)c1ccc(-c2ccccc2F)o1. The first-order valence-corrected chi connectivity index (χ1v) is 6.84. The van der Waals surface area contributed by atoms with Gasteiger partial charge in [0.25, 0.3) is 0 Å². The van der Waals surface area contributed by atoms with Crippen molar-refractivity contribution < 1.29 is 8.81 Å². The van der Waals surface area contributed by atoms with E-state index in [0.717, 1.165) is 25.1 Å². The van der Waals surface area contributed by atoms with E-state index in [1.165, 1.54) is 6.07 Å². The predicted molar refractivity (Wildman–Crippen MR) is 75.4 cm³/mol. The highest BCUT2D eigenvalue weighted by Gasteiger charge is 2.15. The number of hydrogen-bond acceptors (Lipinski definition) is 2. The van der Waals surface area contributed by atoms with Gasteiger partial charge in [0.15, 0.2) is 0 Å². The van der Waals surface area contributed by atoms with E-state index in [1.807, 2.05) is 18.2 Å². The first-order valence-electron chi connectivity index (χ1n) is 6.84. The van der Waals surface area contributed by atoms with Crippen LogP contribution < -0.4 is 5.32 Å². The van der Waals surface area contributed by atoms with Gasteiger partial charge in [-0.2, -0.15) is 0 Å². The van der Waals surface area contributed by atoms with E-state index in [0.29, 0.717) is 11.3 Å². The molecule has 0 amide bonds. The lowest BCUT2D eigenvalue weighted by Gasteiger charge is -2.13. The third kappa shape index (κ3) is 3.24. The van der Waals surface area contributed by atoms with E-state index in [-0.39, 0.29) is 11.9 Å². The third-order valence-corrected chi connectivity index (χ3v) is 3.16. The standard InChI is InChI=1S/C16H20FNO/c1-3-11-18-14(4-2)16-10-9-15(19-16)12-7-5-6-8-13(12)17/h5-10,14,18H,3-4,11H2,1-2H3. The van der Waals surface area contributed by atoms with Crippen molar-refractivity contribution in [3.8, 4) is 11.3 Å². The molecular formula is C16H20FNO. The van der Waals surface area contributed by atoms with Crippen LogP contribution in [0.4, 0.5) is 4.39 Å². The van der Waals surface area contributed by atoms with E-state index < -0.39 is 0 Å². The first kappa shape index (κ1) is 13.8. The van der Waals surface area contributed by atoms with Crippen LogP contribution >= 0.6 is 0 Å². The van der Waals surface area contributed by atoms with Crippen LogP contribution in [0.3, 0.4) is 0 Å². The van der Waals surface area contributed by atoms with Crippen molar-refractivity contribution in [3.05, 3.63) is 48.0 Å². The molecule has 2 aromatic rings. The molecule has 2 nitrogen and oxygen atoms in total. The van der Waals surface area contributed by atoms with E-state index >= 15 is 0 Å². The number of rotatable bonds is 6. The normalized spacial score (nSPS) is 12.6. The highest BCUT2D eigenvalue weighted by atomic mass is 19.1. The lowest BCUT2D eigenvalue weighted by Crippen LogP contribution is -2.20. The average molecular weight is 261 g/mol. The smallest absolute Gasteiger partial charge is 0.137 e. The van der Waals surface area contributed by atoms with Gasteiger partial charge in [-0.3, -0.25) is 0 Å². The van der Waals surface area contributed by atoms with Crippen molar-refractivity contribution in [2.24, 2.45) is 0 Å². The molecule has 0 saturated heterocycles. The van der Waals surface area contributed by atoms with Gasteiger partial charge in [-0.15, -0.1) is 0 Å². The minimum Gasteiger partial charge on any atom is -0.459 e. The van der Waals surface area contributed by atoms with Gasteiger partial charge in [0.2, 0.25) is 0 Å². The summed E-state index contributed by atoms with van der Waals surface area (Å²) in [5, 5.41) is 3.43. The fourth-order valence-corrected chi connectivity index (χ4v) is 2.11. The molecule has 1 aromatic heterocycles. The molecule has 0 aliphatic rings. The van der Waals surface area contributed by atoms with Crippen LogP contribution in [0.15, 0.2) is 40.8 Å². The lowest BCUT2D eigenvalue weighted by molar-refractivity contribution is 0.410. The Bertz CT molecular complexity index is 521. The molecule has 2 rings (SSSR count). The van der Waals surface area contributed by atoms with Crippen molar-refractivity contribution in [1.82, 2.24) is 5.32 Å². The zero-order valence-electron chi connectivity index (χ0n) is 11.4. The second-order valence-electron chi connectivity index (χ2n) is 4.60. The Hall–Kier alpha value is -1.61. The molecule has 1 heterocycles. The Morgan fingerprint density at radius 3 is 2.63 bits per heavy atom. The molecule has 0 aliphatic carbocycles. The molecule has 1 aromatic carbocycles. The van der Waals surface area contributed by atoms with Gasteiger partial charge in [0.05, 0.1) is 11.6 Å². The summed E-state index contributed by atoms with van der Waals surface area (Å²) in [6.07, 6.45) is 2.03. The molecule has 0 bridgehead atoms. The Morgan fingerprint density at radius 2 is 1.95 bits per heavy atom. The zero-order chi connectivity index (χ0) is 13.7. The largest absolute Gasteiger partial charge is 0.459 e. The highest BCUT2D eigenvalue weighted by molar-refractivity contribution is 5.58. The zero-order valence-corrected chi connectivity index (χ0v) is 11.4. The molecule has 0 spiro atoms. The molecule has 3 heteroatoms. The molecule has 0 saturated carbocycles. The number of nitrogens with one attached hydrogen (secondary N) is 1. The number of hydrogen-bond donors (Lipinski definition) is 1.